The number of hydrogen-bond donors (Lipinski definition) is 0. The Morgan fingerprint density at radius 2 is 1.96 bits per heavy atom. The summed E-state index contributed by atoms with van der Waals surface area (Å²) in [5.74, 6) is 0.598. The van der Waals surface area contributed by atoms with Crippen molar-refractivity contribution in [2.75, 3.05) is 19.7 Å². The Balaban J connectivity index is 2.11. The lowest BCUT2D eigenvalue weighted by atomic mass is 9.71. The predicted octanol–water partition coefficient (Wildman–Crippen LogP) is 3.51. The van der Waals surface area contributed by atoms with Gasteiger partial charge in [-0.05, 0) is 58.2 Å². The predicted molar refractivity (Wildman–Crippen MR) is 96.3 cm³/mol. The maximum atomic E-state index is 12.1. The molecule has 0 amide bonds. The Morgan fingerprint density at radius 1 is 1.28 bits per heavy atom. The van der Waals surface area contributed by atoms with E-state index in [1.54, 1.807) is 5.06 Å². The second kappa shape index (κ2) is 8.00. The number of aldehydes is 1. The first-order valence-corrected chi connectivity index (χ1v) is 8.95. The molecule has 5 heteroatoms. The molecule has 0 atom stereocenters. The largest absolute Gasteiger partial charge is 0.494 e. The quantitative estimate of drug-likeness (QED) is 0.737. The molecule has 1 fully saturated rings. The molecule has 0 bridgehead atoms. The maximum Gasteiger partial charge on any atom is 0.330 e. The van der Waals surface area contributed by atoms with Crippen LogP contribution in [0.15, 0.2) is 24.3 Å². The molecule has 0 unspecified atom stereocenters. The molecule has 1 aromatic carbocycles. The minimum Gasteiger partial charge on any atom is -0.494 e. The van der Waals surface area contributed by atoms with Crippen molar-refractivity contribution in [3.8, 4) is 5.75 Å². The van der Waals surface area contributed by atoms with Gasteiger partial charge in [0.25, 0.3) is 0 Å². The molecule has 5 nitrogen and oxygen atoms in total. The lowest BCUT2D eigenvalue weighted by Gasteiger charge is -2.41. The van der Waals surface area contributed by atoms with Gasteiger partial charge in [0.1, 0.15) is 12.0 Å². The molecular formula is C20H29NO4. The third-order valence-corrected chi connectivity index (χ3v) is 4.74. The Bertz CT molecular complexity index is 598. The summed E-state index contributed by atoms with van der Waals surface area (Å²) in [5.41, 5.74) is 0.371. The van der Waals surface area contributed by atoms with E-state index in [2.05, 4.69) is 6.07 Å². The molecule has 0 aliphatic carbocycles. The van der Waals surface area contributed by atoms with Crippen molar-refractivity contribution in [1.29, 1.82) is 0 Å². The number of rotatable bonds is 6. The smallest absolute Gasteiger partial charge is 0.330 e. The molecule has 1 aliphatic heterocycles. The van der Waals surface area contributed by atoms with Crippen LogP contribution in [0.2, 0.25) is 0 Å². The third kappa shape index (κ3) is 4.82. The van der Waals surface area contributed by atoms with Crippen LogP contribution in [-0.4, -0.2) is 37.0 Å². The molecule has 1 aromatic rings. The van der Waals surface area contributed by atoms with Gasteiger partial charge in [0.15, 0.2) is 0 Å². The normalized spacial score (nSPS) is 17.8. The summed E-state index contributed by atoms with van der Waals surface area (Å²) >= 11 is 0. The Morgan fingerprint density at radius 3 is 2.52 bits per heavy atom. The van der Waals surface area contributed by atoms with E-state index in [0.29, 0.717) is 26.1 Å². The average Bonchev–Trinajstić information content (AvgIpc) is 2.57. The zero-order valence-corrected chi connectivity index (χ0v) is 15.7. The van der Waals surface area contributed by atoms with Gasteiger partial charge in [0.2, 0.25) is 0 Å². The van der Waals surface area contributed by atoms with Gasteiger partial charge in [-0.25, -0.2) is 4.79 Å². The van der Waals surface area contributed by atoms with E-state index in [0.717, 1.165) is 30.4 Å². The fourth-order valence-corrected chi connectivity index (χ4v) is 3.11. The monoisotopic (exact) mass is 347 g/mol. The van der Waals surface area contributed by atoms with Gasteiger partial charge in [-0.15, -0.1) is 5.06 Å². The van der Waals surface area contributed by atoms with Crippen LogP contribution in [0.5, 0.6) is 5.75 Å². The molecule has 0 saturated carbocycles. The lowest BCUT2D eigenvalue weighted by Crippen LogP contribution is -2.45. The van der Waals surface area contributed by atoms with Crippen molar-refractivity contribution in [2.24, 2.45) is 5.41 Å². The van der Waals surface area contributed by atoms with E-state index in [9.17, 15) is 9.59 Å². The highest BCUT2D eigenvalue weighted by Crippen LogP contribution is 2.39. The fraction of sp³-hybridized carbons (Fsp3) is 0.600. The topological polar surface area (TPSA) is 55.8 Å². The molecule has 0 aromatic heterocycles. The first-order valence-electron chi connectivity index (χ1n) is 8.95. The Kier molecular flexibility index (Phi) is 6.22. The highest BCUT2D eigenvalue weighted by atomic mass is 16.7. The number of piperidine rings is 1. The van der Waals surface area contributed by atoms with Crippen LogP contribution in [-0.2, 0) is 19.8 Å². The van der Waals surface area contributed by atoms with Crippen LogP contribution in [0.1, 0.15) is 52.5 Å². The lowest BCUT2D eigenvalue weighted by molar-refractivity contribution is -0.207. The van der Waals surface area contributed by atoms with E-state index < -0.39 is 5.41 Å². The van der Waals surface area contributed by atoms with Crippen LogP contribution >= 0.6 is 0 Å². The summed E-state index contributed by atoms with van der Waals surface area (Å²) in [6, 6.07) is 7.99. The van der Waals surface area contributed by atoms with Crippen molar-refractivity contribution < 1.29 is 19.2 Å². The number of carbonyl (C=O) groups excluding carboxylic acids is 2. The van der Waals surface area contributed by atoms with Crippen LogP contribution in [0.3, 0.4) is 0 Å². The molecule has 25 heavy (non-hydrogen) atoms. The summed E-state index contributed by atoms with van der Waals surface area (Å²) in [7, 11) is 0. The van der Waals surface area contributed by atoms with Gasteiger partial charge in [0, 0.05) is 24.9 Å². The van der Waals surface area contributed by atoms with Crippen molar-refractivity contribution in [3.63, 3.8) is 0 Å². The van der Waals surface area contributed by atoms with Gasteiger partial charge in [-0.1, -0.05) is 12.1 Å². The minimum atomic E-state index is -0.525. The molecule has 138 valence electrons. The summed E-state index contributed by atoms with van der Waals surface area (Å²) < 4.78 is 5.60. The van der Waals surface area contributed by atoms with Crippen LogP contribution in [0, 0.1) is 5.41 Å². The number of hydroxylamine groups is 2. The number of nitrogens with zero attached hydrogens (tertiary/aromatic N) is 1. The second-order valence-corrected chi connectivity index (χ2v) is 7.67. The van der Waals surface area contributed by atoms with Crippen molar-refractivity contribution in [3.05, 3.63) is 29.8 Å². The van der Waals surface area contributed by atoms with Crippen LogP contribution in [0.4, 0.5) is 0 Å². The van der Waals surface area contributed by atoms with Gasteiger partial charge >= 0.3 is 5.97 Å². The Hall–Kier alpha value is -1.88. The van der Waals surface area contributed by atoms with Crippen molar-refractivity contribution in [1.82, 2.24) is 5.06 Å². The number of carbonyl (C=O) groups is 2. The molecule has 1 saturated heterocycles. The van der Waals surface area contributed by atoms with Crippen molar-refractivity contribution >= 4 is 12.3 Å². The molecule has 1 aliphatic rings. The van der Waals surface area contributed by atoms with Gasteiger partial charge in [0.05, 0.1) is 12.0 Å². The number of benzene rings is 1. The third-order valence-electron chi connectivity index (χ3n) is 4.74. The van der Waals surface area contributed by atoms with E-state index in [1.807, 2.05) is 45.9 Å². The van der Waals surface area contributed by atoms with Gasteiger partial charge in [-0.2, -0.15) is 0 Å². The maximum absolute atomic E-state index is 12.1. The van der Waals surface area contributed by atoms with Crippen LogP contribution in [0.25, 0.3) is 0 Å². The number of hydrogen-bond acceptors (Lipinski definition) is 5. The summed E-state index contributed by atoms with van der Waals surface area (Å²) in [6.07, 6.45) is 2.98. The molecule has 1 heterocycles. The van der Waals surface area contributed by atoms with E-state index in [-0.39, 0.29) is 11.4 Å². The second-order valence-electron chi connectivity index (χ2n) is 7.67. The fourth-order valence-electron chi connectivity index (χ4n) is 3.11. The summed E-state index contributed by atoms with van der Waals surface area (Å²) in [5, 5.41) is 1.73. The molecule has 2 rings (SSSR count). The SMILES string of the molecule is CCOc1cccc(C2(CC=O)CCN(OC(=O)C(C)(C)C)CC2)c1. The van der Waals surface area contributed by atoms with E-state index in [1.165, 1.54) is 0 Å². The number of ether oxygens (including phenoxy) is 1. The average molecular weight is 347 g/mol. The summed E-state index contributed by atoms with van der Waals surface area (Å²) in [4.78, 5) is 28.9. The zero-order valence-electron chi connectivity index (χ0n) is 15.7. The Labute approximate surface area is 150 Å². The van der Waals surface area contributed by atoms with Crippen LogP contribution < -0.4 is 4.74 Å². The standard InChI is InChI=1S/C20H29NO4/c1-5-24-17-8-6-7-16(15-17)20(11-14-22)9-12-21(13-10-20)25-18(23)19(2,3)4/h6-8,14-15H,5,9-13H2,1-4H3. The van der Waals surface area contributed by atoms with Gasteiger partial charge in [-0.3, -0.25) is 0 Å². The van der Waals surface area contributed by atoms with E-state index in [4.69, 9.17) is 9.57 Å². The first kappa shape index (κ1) is 19.4. The molecule has 0 spiro atoms. The highest BCUT2D eigenvalue weighted by molar-refractivity contribution is 5.75. The van der Waals surface area contributed by atoms with Crippen molar-refractivity contribution in [2.45, 2.75) is 52.4 Å². The van der Waals surface area contributed by atoms with Gasteiger partial charge < -0.3 is 14.4 Å². The summed E-state index contributed by atoms with van der Waals surface area (Å²) in [6.45, 7) is 9.33. The molecule has 0 N–H and O–H groups in total. The molecular weight excluding hydrogens is 318 g/mol. The van der Waals surface area contributed by atoms with E-state index >= 15 is 0 Å². The molecule has 0 radical (unpaired) electrons. The minimum absolute atomic E-state index is 0.223. The first-order chi connectivity index (χ1) is 11.8. The zero-order chi connectivity index (χ0) is 18.5. The highest BCUT2D eigenvalue weighted by Gasteiger charge is 2.38.